The van der Waals surface area contributed by atoms with Crippen LogP contribution < -0.4 is 10.1 Å². The van der Waals surface area contributed by atoms with Gasteiger partial charge in [0.25, 0.3) is 0 Å². The lowest BCUT2D eigenvalue weighted by atomic mass is 9.84. The maximum atomic E-state index is 5.75. The number of para-hydroxylation sites is 1. The summed E-state index contributed by atoms with van der Waals surface area (Å²) >= 11 is 0. The zero-order valence-corrected chi connectivity index (χ0v) is 12.9. The van der Waals surface area contributed by atoms with Gasteiger partial charge in [-0.25, -0.2) is 0 Å². The lowest BCUT2D eigenvalue weighted by Crippen LogP contribution is -2.40. The second-order valence-electron chi connectivity index (χ2n) is 6.18. The Balaban J connectivity index is 2.28. The summed E-state index contributed by atoms with van der Waals surface area (Å²) in [6.07, 6.45) is 3.44. The smallest absolute Gasteiger partial charge is 0.119 e. The van der Waals surface area contributed by atoms with Crippen LogP contribution in [0.15, 0.2) is 30.3 Å². The third-order valence-corrected chi connectivity index (χ3v) is 3.34. The van der Waals surface area contributed by atoms with E-state index in [1.165, 1.54) is 6.42 Å². The van der Waals surface area contributed by atoms with Crippen molar-refractivity contribution in [1.29, 1.82) is 0 Å². The molecule has 0 bridgehead atoms. The summed E-state index contributed by atoms with van der Waals surface area (Å²) in [6, 6.07) is 10.6. The molecule has 1 N–H and O–H groups in total. The van der Waals surface area contributed by atoms with Crippen molar-refractivity contribution in [2.75, 3.05) is 13.2 Å². The van der Waals surface area contributed by atoms with Crippen molar-refractivity contribution in [2.24, 2.45) is 5.41 Å². The molecule has 0 saturated carbocycles. The van der Waals surface area contributed by atoms with Crippen LogP contribution in [0.3, 0.4) is 0 Å². The molecule has 0 fully saturated rings. The summed E-state index contributed by atoms with van der Waals surface area (Å²) in [4.78, 5) is 0. The number of benzene rings is 1. The molecule has 0 spiro atoms. The molecular formula is C17H29NO. The summed E-state index contributed by atoms with van der Waals surface area (Å²) < 4.78 is 5.75. The van der Waals surface area contributed by atoms with Crippen LogP contribution in [-0.2, 0) is 0 Å². The molecule has 19 heavy (non-hydrogen) atoms. The van der Waals surface area contributed by atoms with Gasteiger partial charge in [-0.2, -0.15) is 0 Å². The van der Waals surface area contributed by atoms with Crippen molar-refractivity contribution >= 4 is 0 Å². The zero-order valence-electron chi connectivity index (χ0n) is 12.9. The summed E-state index contributed by atoms with van der Waals surface area (Å²) in [5.74, 6) is 0.969. The SMILES string of the molecule is CCCNC(CCCOc1ccccc1)C(C)(C)C. The van der Waals surface area contributed by atoms with Gasteiger partial charge in [0, 0.05) is 6.04 Å². The van der Waals surface area contributed by atoms with Crippen LogP contribution in [0.2, 0.25) is 0 Å². The van der Waals surface area contributed by atoms with E-state index in [0.717, 1.165) is 31.7 Å². The molecule has 0 radical (unpaired) electrons. The van der Waals surface area contributed by atoms with Crippen molar-refractivity contribution < 1.29 is 4.74 Å². The largest absolute Gasteiger partial charge is 0.494 e. The molecule has 0 saturated heterocycles. The second kappa shape index (κ2) is 8.21. The van der Waals surface area contributed by atoms with E-state index in [1.54, 1.807) is 0 Å². The minimum absolute atomic E-state index is 0.307. The first-order valence-corrected chi connectivity index (χ1v) is 7.45. The Morgan fingerprint density at radius 1 is 1.16 bits per heavy atom. The van der Waals surface area contributed by atoms with Gasteiger partial charge >= 0.3 is 0 Å². The van der Waals surface area contributed by atoms with Crippen LogP contribution in [0.25, 0.3) is 0 Å². The zero-order chi connectivity index (χ0) is 14.1. The molecule has 0 aliphatic rings. The first kappa shape index (κ1) is 16.0. The molecule has 0 amide bonds. The fraction of sp³-hybridized carbons (Fsp3) is 0.647. The van der Waals surface area contributed by atoms with E-state index in [-0.39, 0.29) is 0 Å². The normalized spacial score (nSPS) is 13.3. The molecule has 0 aromatic heterocycles. The number of rotatable bonds is 8. The van der Waals surface area contributed by atoms with E-state index in [0.29, 0.717) is 11.5 Å². The molecule has 1 aromatic carbocycles. The number of ether oxygens (including phenoxy) is 1. The Bertz CT molecular complexity index is 329. The van der Waals surface area contributed by atoms with Crippen molar-refractivity contribution in [1.82, 2.24) is 5.32 Å². The number of hydrogen-bond acceptors (Lipinski definition) is 2. The molecule has 1 aromatic rings. The van der Waals surface area contributed by atoms with Gasteiger partial charge in [0.15, 0.2) is 0 Å². The maximum Gasteiger partial charge on any atom is 0.119 e. The molecule has 1 atom stereocenters. The fourth-order valence-electron chi connectivity index (χ4n) is 2.15. The molecule has 1 rings (SSSR count). The minimum Gasteiger partial charge on any atom is -0.494 e. The van der Waals surface area contributed by atoms with Crippen molar-refractivity contribution in [3.8, 4) is 5.75 Å². The van der Waals surface area contributed by atoms with Crippen molar-refractivity contribution in [2.45, 2.75) is 53.0 Å². The molecule has 0 aliphatic carbocycles. The quantitative estimate of drug-likeness (QED) is 0.708. The topological polar surface area (TPSA) is 21.3 Å². The van der Waals surface area contributed by atoms with Gasteiger partial charge in [0.2, 0.25) is 0 Å². The molecule has 0 aliphatic heterocycles. The highest BCUT2D eigenvalue weighted by Crippen LogP contribution is 2.23. The fourth-order valence-corrected chi connectivity index (χ4v) is 2.15. The van der Waals surface area contributed by atoms with Gasteiger partial charge in [-0.15, -0.1) is 0 Å². The van der Waals surface area contributed by atoms with Crippen LogP contribution in [0.1, 0.15) is 47.0 Å². The Morgan fingerprint density at radius 3 is 2.42 bits per heavy atom. The van der Waals surface area contributed by atoms with E-state index in [1.807, 2.05) is 30.3 Å². The molecular weight excluding hydrogens is 234 g/mol. The van der Waals surface area contributed by atoms with E-state index < -0.39 is 0 Å². The standard InChI is InChI=1S/C17H29NO/c1-5-13-18-16(17(2,3)4)12-9-14-19-15-10-7-6-8-11-15/h6-8,10-11,16,18H,5,9,12-14H2,1-4H3. The lowest BCUT2D eigenvalue weighted by molar-refractivity contribution is 0.229. The van der Waals surface area contributed by atoms with E-state index >= 15 is 0 Å². The van der Waals surface area contributed by atoms with Crippen LogP contribution in [-0.4, -0.2) is 19.2 Å². The highest BCUT2D eigenvalue weighted by atomic mass is 16.5. The molecule has 2 heteroatoms. The Hall–Kier alpha value is -1.02. The van der Waals surface area contributed by atoms with Gasteiger partial charge in [-0.3, -0.25) is 0 Å². The average Bonchev–Trinajstić information content (AvgIpc) is 2.37. The third kappa shape index (κ3) is 6.63. The van der Waals surface area contributed by atoms with E-state index in [4.69, 9.17) is 4.74 Å². The molecule has 0 heterocycles. The maximum absolute atomic E-state index is 5.75. The first-order chi connectivity index (χ1) is 9.04. The van der Waals surface area contributed by atoms with E-state index in [2.05, 4.69) is 33.0 Å². The second-order valence-corrected chi connectivity index (χ2v) is 6.18. The minimum atomic E-state index is 0.307. The summed E-state index contributed by atoms with van der Waals surface area (Å²) in [7, 11) is 0. The number of hydrogen-bond donors (Lipinski definition) is 1. The predicted molar refractivity (Wildman–Crippen MR) is 82.7 cm³/mol. The first-order valence-electron chi connectivity index (χ1n) is 7.45. The van der Waals surface area contributed by atoms with Crippen LogP contribution in [0.4, 0.5) is 0 Å². The summed E-state index contributed by atoms with van der Waals surface area (Å²) in [5, 5.41) is 3.65. The Morgan fingerprint density at radius 2 is 1.84 bits per heavy atom. The van der Waals surface area contributed by atoms with E-state index in [9.17, 15) is 0 Å². The van der Waals surface area contributed by atoms with Gasteiger partial charge in [-0.05, 0) is 43.4 Å². The molecule has 2 nitrogen and oxygen atoms in total. The monoisotopic (exact) mass is 263 g/mol. The van der Waals surface area contributed by atoms with Crippen LogP contribution >= 0.6 is 0 Å². The van der Waals surface area contributed by atoms with Gasteiger partial charge in [0.05, 0.1) is 6.61 Å². The highest BCUT2D eigenvalue weighted by molar-refractivity contribution is 5.20. The Kier molecular flexibility index (Phi) is 6.93. The molecule has 1 unspecified atom stereocenters. The van der Waals surface area contributed by atoms with Crippen LogP contribution in [0, 0.1) is 5.41 Å². The van der Waals surface area contributed by atoms with Crippen molar-refractivity contribution in [3.05, 3.63) is 30.3 Å². The predicted octanol–water partition coefficient (Wildman–Crippen LogP) is 4.26. The molecule has 108 valence electrons. The van der Waals surface area contributed by atoms with Crippen LogP contribution in [0.5, 0.6) is 5.75 Å². The Labute approximate surface area is 118 Å². The summed E-state index contributed by atoms with van der Waals surface area (Å²) in [6.45, 7) is 11.0. The van der Waals surface area contributed by atoms with Crippen molar-refractivity contribution in [3.63, 3.8) is 0 Å². The summed E-state index contributed by atoms with van der Waals surface area (Å²) in [5.41, 5.74) is 0.307. The van der Waals surface area contributed by atoms with Gasteiger partial charge < -0.3 is 10.1 Å². The lowest BCUT2D eigenvalue weighted by Gasteiger charge is -2.31. The average molecular weight is 263 g/mol. The third-order valence-electron chi connectivity index (χ3n) is 3.34. The number of nitrogens with one attached hydrogen (secondary N) is 1. The van der Waals surface area contributed by atoms with Gasteiger partial charge in [0.1, 0.15) is 5.75 Å². The highest BCUT2D eigenvalue weighted by Gasteiger charge is 2.23. The van der Waals surface area contributed by atoms with Gasteiger partial charge in [-0.1, -0.05) is 45.9 Å².